The average Bonchev–Trinajstić information content (AvgIpc) is 2.39. The zero-order valence-electron chi connectivity index (χ0n) is 10.6. The molecule has 2 aromatic rings. The molecule has 4 heteroatoms. The summed E-state index contributed by atoms with van der Waals surface area (Å²) in [5.74, 6) is -0.196. The monoisotopic (exact) mass is 253 g/mol. The van der Waals surface area contributed by atoms with Crippen LogP contribution in [0.15, 0.2) is 48.8 Å². The lowest BCUT2D eigenvalue weighted by Crippen LogP contribution is -2.09. The fraction of sp³-hybridized carbons (Fsp3) is 0.0667. The van der Waals surface area contributed by atoms with Crippen LogP contribution in [-0.2, 0) is 4.79 Å². The number of nitrogens with two attached hydrogens (primary N) is 1. The van der Waals surface area contributed by atoms with Crippen LogP contribution in [0.2, 0.25) is 0 Å². The van der Waals surface area contributed by atoms with Crippen LogP contribution >= 0.6 is 0 Å². The molecule has 0 aliphatic rings. The number of nitrogens with zero attached hydrogens (tertiary/aromatic N) is 1. The van der Waals surface area contributed by atoms with Gasteiger partial charge in [-0.3, -0.25) is 9.78 Å². The maximum atomic E-state index is 11.8. The summed E-state index contributed by atoms with van der Waals surface area (Å²) >= 11 is 0. The zero-order chi connectivity index (χ0) is 13.7. The standard InChI is InChI=1S/C15H15N3O/c1-11-7-8-17-10-14(11)18-15(19)6-5-12-3-2-4-13(16)9-12/h2-10H,16H2,1H3,(H,18,19)/b6-5+. The van der Waals surface area contributed by atoms with Crippen molar-refractivity contribution in [3.63, 3.8) is 0 Å². The van der Waals surface area contributed by atoms with Crippen LogP contribution in [0.25, 0.3) is 6.08 Å². The second-order valence-corrected chi connectivity index (χ2v) is 4.18. The average molecular weight is 253 g/mol. The van der Waals surface area contributed by atoms with Crippen molar-refractivity contribution in [2.24, 2.45) is 0 Å². The van der Waals surface area contributed by atoms with E-state index in [2.05, 4.69) is 10.3 Å². The van der Waals surface area contributed by atoms with Gasteiger partial charge < -0.3 is 11.1 Å². The number of carbonyl (C=O) groups excluding carboxylic acids is 1. The molecule has 2 rings (SSSR count). The lowest BCUT2D eigenvalue weighted by Gasteiger charge is -2.04. The third-order valence-electron chi connectivity index (χ3n) is 2.63. The number of aryl methyl sites for hydroxylation is 1. The van der Waals surface area contributed by atoms with Crippen molar-refractivity contribution in [1.29, 1.82) is 0 Å². The van der Waals surface area contributed by atoms with E-state index in [0.29, 0.717) is 11.4 Å². The van der Waals surface area contributed by atoms with Crippen LogP contribution in [0.3, 0.4) is 0 Å². The van der Waals surface area contributed by atoms with Crippen molar-refractivity contribution in [2.45, 2.75) is 6.92 Å². The SMILES string of the molecule is Cc1ccncc1NC(=O)/C=C/c1cccc(N)c1. The van der Waals surface area contributed by atoms with E-state index >= 15 is 0 Å². The molecule has 0 radical (unpaired) electrons. The summed E-state index contributed by atoms with van der Waals surface area (Å²) in [6.45, 7) is 1.92. The molecule has 0 spiro atoms. The van der Waals surface area contributed by atoms with Gasteiger partial charge in [-0.2, -0.15) is 0 Å². The summed E-state index contributed by atoms with van der Waals surface area (Å²) in [4.78, 5) is 15.7. The van der Waals surface area contributed by atoms with Crippen LogP contribution in [-0.4, -0.2) is 10.9 Å². The summed E-state index contributed by atoms with van der Waals surface area (Å²) in [5.41, 5.74) is 8.91. The van der Waals surface area contributed by atoms with E-state index in [1.165, 1.54) is 6.08 Å². The molecular formula is C15H15N3O. The van der Waals surface area contributed by atoms with E-state index in [4.69, 9.17) is 5.73 Å². The van der Waals surface area contributed by atoms with Gasteiger partial charge in [0, 0.05) is 18.0 Å². The first-order chi connectivity index (χ1) is 9.15. The Bertz CT molecular complexity index is 620. The molecule has 96 valence electrons. The van der Waals surface area contributed by atoms with Gasteiger partial charge in [-0.05, 0) is 42.3 Å². The quantitative estimate of drug-likeness (QED) is 0.652. The Labute approximate surface area is 112 Å². The normalized spacial score (nSPS) is 10.6. The van der Waals surface area contributed by atoms with Crippen LogP contribution in [0.1, 0.15) is 11.1 Å². The molecule has 1 aromatic heterocycles. The van der Waals surface area contributed by atoms with Gasteiger partial charge in [0.25, 0.3) is 0 Å². The Balaban J connectivity index is 2.04. The predicted molar refractivity (Wildman–Crippen MR) is 77.5 cm³/mol. The van der Waals surface area contributed by atoms with E-state index < -0.39 is 0 Å². The Morgan fingerprint density at radius 3 is 2.95 bits per heavy atom. The Kier molecular flexibility index (Phi) is 3.93. The highest BCUT2D eigenvalue weighted by atomic mass is 16.1. The van der Waals surface area contributed by atoms with Gasteiger partial charge in [0.05, 0.1) is 11.9 Å². The third kappa shape index (κ3) is 3.67. The number of benzene rings is 1. The fourth-order valence-corrected chi connectivity index (χ4v) is 1.60. The molecule has 4 nitrogen and oxygen atoms in total. The van der Waals surface area contributed by atoms with E-state index in [1.54, 1.807) is 30.6 Å². The Morgan fingerprint density at radius 2 is 2.21 bits per heavy atom. The van der Waals surface area contributed by atoms with Crippen LogP contribution in [0.5, 0.6) is 0 Å². The first kappa shape index (κ1) is 12.8. The molecule has 0 fully saturated rings. The topological polar surface area (TPSA) is 68.0 Å². The molecule has 1 heterocycles. The maximum absolute atomic E-state index is 11.8. The summed E-state index contributed by atoms with van der Waals surface area (Å²) in [7, 11) is 0. The number of anilines is 2. The number of rotatable bonds is 3. The summed E-state index contributed by atoms with van der Waals surface area (Å²) in [5, 5.41) is 2.78. The van der Waals surface area contributed by atoms with Crippen molar-refractivity contribution < 1.29 is 4.79 Å². The largest absolute Gasteiger partial charge is 0.399 e. The molecule has 1 aromatic carbocycles. The van der Waals surface area contributed by atoms with E-state index in [9.17, 15) is 4.79 Å². The number of hydrogen-bond acceptors (Lipinski definition) is 3. The number of aromatic nitrogens is 1. The minimum absolute atomic E-state index is 0.196. The highest BCUT2D eigenvalue weighted by Crippen LogP contribution is 2.12. The highest BCUT2D eigenvalue weighted by Gasteiger charge is 2.00. The number of carbonyl (C=O) groups is 1. The Morgan fingerprint density at radius 1 is 1.37 bits per heavy atom. The maximum Gasteiger partial charge on any atom is 0.248 e. The van der Waals surface area contributed by atoms with Crippen LogP contribution < -0.4 is 11.1 Å². The summed E-state index contributed by atoms with van der Waals surface area (Å²) in [6, 6.07) is 9.18. The highest BCUT2D eigenvalue weighted by molar-refractivity contribution is 6.02. The Hall–Kier alpha value is -2.62. The molecule has 19 heavy (non-hydrogen) atoms. The van der Waals surface area contributed by atoms with Gasteiger partial charge in [-0.15, -0.1) is 0 Å². The van der Waals surface area contributed by atoms with Crippen LogP contribution in [0.4, 0.5) is 11.4 Å². The van der Waals surface area contributed by atoms with Gasteiger partial charge >= 0.3 is 0 Å². The predicted octanol–water partition coefficient (Wildman–Crippen LogP) is 2.62. The number of nitrogen functional groups attached to an aromatic ring is 1. The van der Waals surface area contributed by atoms with Crippen LogP contribution in [0, 0.1) is 6.92 Å². The van der Waals surface area contributed by atoms with Crippen molar-refractivity contribution in [2.75, 3.05) is 11.1 Å². The lowest BCUT2D eigenvalue weighted by atomic mass is 10.2. The van der Waals surface area contributed by atoms with Crippen molar-refractivity contribution >= 4 is 23.4 Å². The molecule has 0 unspecified atom stereocenters. The zero-order valence-corrected chi connectivity index (χ0v) is 10.6. The minimum atomic E-state index is -0.196. The number of pyridine rings is 1. The van der Waals surface area contributed by atoms with E-state index in [-0.39, 0.29) is 5.91 Å². The summed E-state index contributed by atoms with van der Waals surface area (Å²) in [6.07, 6.45) is 6.51. The molecule has 0 aliphatic heterocycles. The molecule has 0 aliphatic carbocycles. The lowest BCUT2D eigenvalue weighted by molar-refractivity contribution is -0.111. The van der Waals surface area contributed by atoms with E-state index in [1.807, 2.05) is 25.1 Å². The molecule has 0 atom stereocenters. The molecule has 0 saturated heterocycles. The minimum Gasteiger partial charge on any atom is -0.399 e. The van der Waals surface area contributed by atoms with Crippen molar-refractivity contribution in [1.82, 2.24) is 4.98 Å². The fourth-order valence-electron chi connectivity index (χ4n) is 1.60. The number of nitrogens with one attached hydrogen (secondary N) is 1. The second kappa shape index (κ2) is 5.82. The third-order valence-corrected chi connectivity index (χ3v) is 2.63. The molecule has 1 amide bonds. The number of amides is 1. The first-order valence-corrected chi connectivity index (χ1v) is 5.90. The van der Waals surface area contributed by atoms with Gasteiger partial charge in [-0.1, -0.05) is 12.1 Å². The second-order valence-electron chi connectivity index (χ2n) is 4.18. The van der Waals surface area contributed by atoms with Gasteiger partial charge in [-0.25, -0.2) is 0 Å². The van der Waals surface area contributed by atoms with Gasteiger partial charge in [0.15, 0.2) is 0 Å². The van der Waals surface area contributed by atoms with Crippen molar-refractivity contribution in [3.05, 3.63) is 59.9 Å². The van der Waals surface area contributed by atoms with Gasteiger partial charge in [0.2, 0.25) is 5.91 Å². The number of hydrogen-bond donors (Lipinski definition) is 2. The smallest absolute Gasteiger partial charge is 0.248 e. The molecule has 0 bridgehead atoms. The van der Waals surface area contributed by atoms with Gasteiger partial charge in [0.1, 0.15) is 0 Å². The van der Waals surface area contributed by atoms with Crippen molar-refractivity contribution in [3.8, 4) is 0 Å². The summed E-state index contributed by atoms with van der Waals surface area (Å²) < 4.78 is 0. The molecule has 0 saturated carbocycles. The first-order valence-electron chi connectivity index (χ1n) is 5.90. The molecular weight excluding hydrogens is 238 g/mol. The van der Waals surface area contributed by atoms with E-state index in [0.717, 1.165) is 11.1 Å². The molecule has 3 N–H and O–H groups in total.